The van der Waals surface area contributed by atoms with Crippen molar-refractivity contribution >= 4 is 8.80 Å². The molecule has 0 aliphatic heterocycles. The molecule has 3 nitrogen and oxygen atoms in total. The molecule has 0 spiro atoms. The molecule has 0 radical (unpaired) electrons. The molecule has 0 atom stereocenters. The number of hydrogen-bond acceptors (Lipinski definition) is 3. The van der Waals surface area contributed by atoms with Crippen molar-refractivity contribution < 1.29 is 29.3 Å². The second-order valence-electron chi connectivity index (χ2n) is 5.77. The maximum absolute atomic E-state index is 5.74. The fraction of sp³-hybridized carbons (Fsp3) is 0.778. The molecule has 0 aromatic rings. The normalized spacial score (nSPS) is 16.9. The van der Waals surface area contributed by atoms with Gasteiger partial charge in [-0.1, -0.05) is 0 Å². The first-order valence-electron chi connectivity index (χ1n) is 8.59. The Labute approximate surface area is 148 Å². The molecular weight excluding hydrogens is 487 g/mol. The summed E-state index contributed by atoms with van der Waals surface area (Å²) in [5, 5.41) is 1.22. The number of rotatable bonds is 11. The van der Waals surface area contributed by atoms with Crippen LogP contribution < -0.4 is 0 Å². The first kappa shape index (κ1) is 21.3. The van der Waals surface area contributed by atoms with Gasteiger partial charge in [0.2, 0.25) is 0 Å². The Hall–Kier alpha value is 0.265. The van der Waals surface area contributed by atoms with Crippen LogP contribution in [0.5, 0.6) is 0 Å². The van der Waals surface area contributed by atoms with Gasteiger partial charge in [0, 0.05) is 0 Å². The van der Waals surface area contributed by atoms with Gasteiger partial charge in [-0.05, 0) is 0 Å². The van der Waals surface area contributed by atoms with E-state index in [0.29, 0.717) is 0 Å². The first-order chi connectivity index (χ1) is 11.0. The van der Waals surface area contributed by atoms with Gasteiger partial charge in [0.15, 0.2) is 0 Å². The van der Waals surface area contributed by atoms with Gasteiger partial charge in [0.1, 0.15) is 0 Å². The van der Waals surface area contributed by atoms with Gasteiger partial charge in [-0.3, -0.25) is 0 Å². The van der Waals surface area contributed by atoms with E-state index in [2.05, 4.69) is 33.8 Å². The van der Waals surface area contributed by atoms with Crippen LogP contribution in [0.2, 0.25) is 14.4 Å². The Morgan fingerprint density at radius 3 is 1.70 bits per heavy atom. The van der Waals surface area contributed by atoms with Crippen molar-refractivity contribution in [3.05, 3.63) is 20.8 Å². The van der Waals surface area contributed by atoms with E-state index in [1.807, 2.05) is 0 Å². The van der Waals surface area contributed by atoms with Gasteiger partial charge < -0.3 is 0 Å². The second kappa shape index (κ2) is 9.67. The zero-order valence-corrected chi connectivity index (χ0v) is 19.3. The molecule has 5 heteroatoms. The standard InChI is InChI=1S/C9H15O3Si.3C3H7.Pt/c1-8-6-5-7-9(8)13(10-2,11-3)12-4;3*1-3-2;/h7H,5H2,1-4H3;3*1,3H2,2H3;. The fourth-order valence-corrected chi connectivity index (χ4v) is 19.4. The molecule has 1 rings (SSSR count). The van der Waals surface area contributed by atoms with Gasteiger partial charge in [0.25, 0.3) is 0 Å². The summed E-state index contributed by atoms with van der Waals surface area (Å²) < 4.78 is 19.0. The first-order valence-corrected chi connectivity index (χ1v) is 16.3. The van der Waals surface area contributed by atoms with Crippen LogP contribution in [0, 0.1) is 0 Å². The summed E-state index contributed by atoms with van der Waals surface area (Å²) in [6, 6.07) is 0. The minimum atomic E-state index is -2.70. The van der Waals surface area contributed by atoms with Crippen LogP contribution in [0.25, 0.3) is 0 Å². The molecule has 0 amide bonds. The zero-order valence-electron chi connectivity index (χ0n) is 16.1. The van der Waals surface area contributed by atoms with Crippen molar-refractivity contribution in [2.24, 2.45) is 0 Å². The van der Waals surface area contributed by atoms with Crippen molar-refractivity contribution in [2.45, 2.75) is 67.8 Å². The zero-order chi connectivity index (χ0) is 17.5. The van der Waals surface area contributed by atoms with E-state index in [1.54, 1.807) is 25.3 Å². The summed E-state index contributed by atoms with van der Waals surface area (Å²) in [6.07, 6.45) is 7.37. The van der Waals surface area contributed by atoms with Gasteiger partial charge >= 0.3 is 148 Å². The van der Waals surface area contributed by atoms with E-state index in [0.717, 1.165) is 6.42 Å². The molecule has 1 aliphatic rings. The number of allylic oxidation sites excluding steroid dienone is 4. The number of hydrogen-bond donors (Lipinski definition) is 0. The van der Waals surface area contributed by atoms with Gasteiger partial charge in [-0.25, -0.2) is 0 Å². The van der Waals surface area contributed by atoms with E-state index >= 15 is 0 Å². The van der Waals surface area contributed by atoms with Crippen LogP contribution in [0.4, 0.5) is 0 Å². The predicted octanol–water partition coefficient (Wildman–Crippen LogP) is 5.65. The van der Waals surface area contributed by atoms with Gasteiger partial charge in [-0.15, -0.1) is 0 Å². The molecule has 0 aromatic heterocycles. The summed E-state index contributed by atoms with van der Waals surface area (Å²) >= 11 is -1.92. The van der Waals surface area contributed by atoms with Gasteiger partial charge in [-0.2, -0.15) is 0 Å². The second-order valence-corrected chi connectivity index (χ2v) is 19.2. The predicted molar refractivity (Wildman–Crippen MR) is 97.5 cm³/mol. The van der Waals surface area contributed by atoms with E-state index in [4.69, 9.17) is 13.3 Å². The molecule has 0 heterocycles. The Kier molecular flexibility index (Phi) is 8.96. The summed E-state index contributed by atoms with van der Waals surface area (Å²) in [4.78, 5) is 4.35. The van der Waals surface area contributed by atoms with E-state index in [-0.39, 0.29) is 0 Å². The van der Waals surface area contributed by atoms with Crippen molar-refractivity contribution in [1.82, 2.24) is 0 Å². The topological polar surface area (TPSA) is 27.7 Å². The summed E-state index contributed by atoms with van der Waals surface area (Å²) in [5.41, 5.74) is 1.44. The monoisotopic (exact) mass is 523 g/mol. The third-order valence-electron chi connectivity index (χ3n) is 4.18. The van der Waals surface area contributed by atoms with Crippen LogP contribution in [-0.2, 0) is 29.3 Å². The molecular formula is C18H36O3PtSi. The van der Waals surface area contributed by atoms with Gasteiger partial charge in [0.05, 0.1) is 0 Å². The molecule has 140 valence electrons. The SMILES string of the molecule is CC[CH2][Pt]([CH2]CC)([CH2]CC)[C]1=C(C)C([Si](OC)(OC)OC)=CC1. The van der Waals surface area contributed by atoms with Crippen molar-refractivity contribution in [3.8, 4) is 0 Å². The molecule has 0 saturated carbocycles. The fourth-order valence-electron chi connectivity index (χ4n) is 3.38. The van der Waals surface area contributed by atoms with E-state index < -0.39 is 24.9 Å². The van der Waals surface area contributed by atoms with Crippen LogP contribution in [-0.4, -0.2) is 30.1 Å². The third kappa shape index (κ3) is 4.27. The minimum absolute atomic E-state index is 1.10. The summed E-state index contributed by atoms with van der Waals surface area (Å²) in [7, 11) is 2.43. The molecule has 0 unspecified atom stereocenters. The van der Waals surface area contributed by atoms with Crippen LogP contribution in [0.3, 0.4) is 0 Å². The average molecular weight is 524 g/mol. The molecule has 0 N–H and O–H groups in total. The molecule has 0 saturated heterocycles. The van der Waals surface area contributed by atoms with E-state index in [9.17, 15) is 0 Å². The quantitative estimate of drug-likeness (QED) is 0.328. The average Bonchev–Trinajstić information content (AvgIpc) is 2.93. The summed E-state index contributed by atoms with van der Waals surface area (Å²) in [6.45, 7) is 9.33. The summed E-state index contributed by atoms with van der Waals surface area (Å²) in [5.74, 6) is 0. The molecule has 0 bridgehead atoms. The molecule has 0 fully saturated rings. The van der Waals surface area contributed by atoms with Crippen molar-refractivity contribution in [3.63, 3.8) is 0 Å². The molecule has 0 aromatic carbocycles. The Morgan fingerprint density at radius 1 is 0.913 bits per heavy atom. The van der Waals surface area contributed by atoms with Crippen LogP contribution in [0.15, 0.2) is 20.8 Å². The van der Waals surface area contributed by atoms with Crippen LogP contribution in [0.1, 0.15) is 53.4 Å². The van der Waals surface area contributed by atoms with Crippen molar-refractivity contribution in [1.29, 1.82) is 0 Å². The Bertz CT molecular complexity index is 416. The maximum atomic E-state index is 5.74. The Morgan fingerprint density at radius 2 is 1.35 bits per heavy atom. The van der Waals surface area contributed by atoms with Crippen molar-refractivity contribution in [2.75, 3.05) is 21.3 Å². The van der Waals surface area contributed by atoms with Crippen LogP contribution >= 0.6 is 0 Å². The Balaban J connectivity index is 3.30. The van der Waals surface area contributed by atoms with E-state index in [1.165, 1.54) is 44.5 Å². The molecule has 23 heavy (non-hydrogen) atoms. The third-order valence-corrected chi connectivity index (χ3v) is 21.2. The molecule has 1 aliphatic carbocycles.